The summed E-state index contributed by atoms with van der Waals surface area (Å²) in [6.07, 6.45) is 17.4. The van der Waals surface area contributed by atoms with E-state index in [2.05, 4.69) is 40.7 Å². The van der Waals surface area contributed by atoms with Crippen LogP contribution in [0.3, 0.4) is 0 Å². The Morgan fingerprint density at radius 3 is 2.57 bits per heavy atom. The third-order valence-electron chi connectivity index (χ3n) is 13.9. The quantitative estimate of drug-likeness (QED) is 0.119. The van der Waals surface area contributed by atoms with Gasteiger partial charge in [-0.2, -0.15) is 0 Å². The lowest BCUT2D eigenvalue weighted by Crippen LogP contribution is -2.52. The molecule has 3 fully saturated rings. The second-order valence-corrected chi connectivity index (χ2v) is 18.0. The molecule has 2 aromatic carbocycles. The van der Waals surface area contributed by atoms with Gasteiger partial charge in [0.1, 0.15) is 17.4 Å². The summed E-state index contributed by atoms with van der Waals surface area (Å²) >= 11 is 6.62. The molecule has 5 nitrogen and oxygen atoms in total. The Balaban J connectivity index is 0.959. The number of rotatable bonds is 10. The Morgan fingerprint density at radius 1 is 0.980 bits per heavy atom. The molecule has 0 N–H and O–H groups in total. The molecule has 0 unspecified atom stereocenters. The molecule has 0 bridgehead atoms. The Morgan fingerprint density at radius 2 is 1.78 bits per heavy atom. The van der Waals surface area contributed by atoms with Crippen LogP contribution in [-0.2, 0) is 9.53 Å². The third-order valence-corrected chi connectivity index (χ3v) is 14.2. The highest BCUT2D eigenvalue weighted by atomic mass is 35.5. The van der Waals surface area contributed by atoms with Crippen LogP contribution in [0.2, 0.25) is 5.02 Å². The zero-order valence-corrected chi connectivity index (χ0v) is 32.1. The summed E-state index contributed by atoms with van der Waals surface area (Å²) in [5.74, 6) is 4.76. The van der Waals surface area contributed by atoms with Crippen molar-refractivity contribution < 1.29 is 18.7 Å². The highest BCUT2D eigenvalue weighted by molar-refractivity contribution is 6.33. The van der Waals surface area contributed by atoms with Crippen molar-refractivity contribution >= 4 is 28.5 Å². The Bertz CT molecular complexity index is 1810. The lowest BCUT2D eigenvalue weighted by Gasteiger charge is -2.61. The van der Waals surface area contributed by atoms with Crippen molar-refractivity contribution in [2.75, 3.05) is 6.61 Å². The number of halogens is 1. The molecular formula is C45H57ClO5. The van der Waals surface area contributed by atoms with Gasteiger partial charge < -0.3 is 13.9 Å². The zero-order chi connectivity index (χ0) is 35.9. The Kier molecular flexibility index (Phi) is 10.5. The van der Waals surface area contributed by atoms with Crippen LogP contribution < -0.4 is 10.4 Å². The minimum absolute atomic E-state index is 0.142. The van der Waals surface area contributed by atoms with Crippen LogP contribution in [0.4, 0.5) is 0 Å². The molecule has 274 valence electrons. The highest BCUT2D eigenvalue weighted by Gasteiger charge is 2.56. The maximum absolute atomic E-state index is 13.1. The number of carbonyl (C=O) groups excluding carboxylic acids is 1. The van der Waals surface area contributed by atoms with E-state index in [9.17, 15) is 9.59 Å². The topological polar surface area (TPSA) is 65.7 Å². The minimum atomic E-state index is -0.464. The van der Waals surface area contributed by atoms with E-state index in [0.29, 0.717) is 21.4 Å². The fourth-order valence-corrected chi connectivity index (χ4v) is 11.3. The van der Waals surface area contributed by atoms with Crippen LogP contribution in [0.15, 0.2) is 69.4 Å². The largest absolute Gasteiger partial charge is 0.480 e. The number of hydrogen-bond donors (Lipinski definition) is 0. The van der Waals surface area contributed by atoms with Crippen molar-refractivity contribution in [2.24, 2.45) is 46.3 Å². The number of ether oxygens (including phenoxy) is 2. The molecular weight excluding hydrogens is 656 g/mol. The predicted octanol–water partition coefficient (Wildman–Crippen LogP) is 11.8. The number of benzene rings is 2. The number of fused-ring (bicyclic) bond motifs is 6. The van der Waals surface area contributed by atoms with Gasteiger partial charge in [-0.05, 0) is 115 Å². The normalized spacial score (nSPS) is 30.9. The van der Waals surface area contributed by atoms with Crippen molar-refractivity contribution in [3.8, 4) is 16.9 Å². The number of carbonyl (C=O) groups is 1. The molecule has 0 aliphatic heterocycles. The maximum atomic E-state index is 13.1. The van der Waals surface area contributed by atoms with Gasteiger partial charge >= 0.3 is 11.6 Å². The summed E-state index contributed by atoms with van der Waals surface area (Å²) in [6.45, 7) is 12.1. The van der Waals surface area contributed by atoms with E-state index in [1.807, 2.05) is 30.3 Å². The second kappa shape index (κ2) is 14.8. The summed E-state index contributed by atoms with van der Waals surface area (Å²) in [7, 11) is 0. The van der Waals surface area contributed by atoms with Crippen LogP contribution >= 0.6 is 11.6 Å². The fourth-order valence-electron chi connectivity index (χ4n) is 11.1. The van der Waals surface area contributed by atoms with E-state index in [4.69, 9.17) is 25.5 Å². The molecule has 7 rings (SSSR count). The molecule has 8 atom stereocenters. The van der Waals surface area contributed by atoms with Crippen molar-refractivity contribution in [1.29, 1.82) is 0 Å². The molecule has 1 heterocycles. The maximum Gasteiger partial charge on any atom is 0.344 e. The number of hydrogen-bond acceptors (Lipinski definition) is 5. The lowest BCUT2D eigenvalue weighted by molar-refractivity contribution is -0.154. The van der Waals surface area contributed by atoms with E-state index in [0.717, 1.165) is 65.9 Å². The molecule has 3 saturated carbocycles. The zero-order valence-electron chi connectivity index (χ0n) is 31.3. The predicted molar refractivity (Wildman–Crippen MR) is 206 cm³/mol. The van der Waals surface area contributed by atoms with Gasteiger partial charge in [0, 0.05) is 23.9 Å². The Labute approximate surface area is 309 Å². The van der Waals surface area contributed by atoms with E-state index in [-0.39, 0.29) is 23.9 Å². The first-order chi connectivity index (χ1) is 24.4. The van der Waals surface area contributed by atoms with Gasteiger partial charge in [-0.3, -0.25) is 0 Å². The minimum Gasteiger partial charge on any atom is -0.480 e. The first-order valence-electron chi connectivity index (χ1n) is 19.8. The van der Waals surface area contributed by atoms with Crippen molar-refractivity contribution in [1.82, 2.24) is 0 Å². The van der Waals surface area contributed by atoms with Crippen LogP contribution in [-0.4, -0.2) is 18.7 Å². The molecule has 4 aliphatic rings. The van der Waals surface area contributed by atoms with Gasteiger partial charge in [-0.15, -0.1) is 0 Å². The molecule has 51 heavy (non-hydrogen) atoms. The molecule has 3 aromatic rings. The van der Waals surface area contributed by atoms with Gasteiger partial charge in [0.2, 0.25) is 0 Å². The van der Waals surface area contributed by atoms with Crippen LogP contribution in [0, 0.1) is 46.3 Å². The van der Waals surface area contributed by atoms with Crippen LogP contribution in [0.5, 0.6) is 5.75 Å². The van der Waals surface area contributed by atoms with E-state index < -0.39 is 11.6 Å². The Hall–Kier alpha value is -3.05. The van der Waals surface area contributed by atoms with Crippen molar-refractivity contribution in [3.63, 3.8) is 0 Å². The summed E-state index contributed by atoms with van der Waals surface area (Å²) in [5, 5.41) is 1.04. The third kappa shape index (κ3) is 7.44. The monoisotopic (exact) mass is 712 g/mol. The number of allylic oxidation sites excluding steroid dienone is 1. The first-order valence-corrected chi connectivity index (χ1v) is 20.2. The van der Waals surface area contributed by atoms with Gasteiger partial charge in [0.15, 0.2) is 6.61 Å². The summed E-state index contributed by atoms with van der Waals surface area (Å²) in [4.78, 5) is 25.5. The van der Waals surface area contributed by atoms with E-state index in [1.165, 1.54) is 69.4 Å². The van der Waals surface area contributed by atoms with E-state index in [1.54, 1.807) is 12.1 Å². The van der Waals surface area contributed by atoms with Gasteiger partial charge in [-0.1, -0.05) is 107 Å². The van der Waals surface area contributed by atoms with Crippen molar-refractivity contribution in [2.45, 2.75) is 118 Å². The molecule has 1 aromatic heterocycles. The average molecular weight is 713 g/mol. The standard InChI is InChI=1S/C45H57ClO5/c1-28(2)10-9-11-29(3)31-14-17-37-34-16-15-32-22-33(18-21-45(32,5)38(34)19-20-44(37,4)26-31)50-43(48)27-49-41-25-40-36(23-39(41)46)35(24-42(47)51-40)30-12-7-6-8-13-30/h6-8,12-13,15,23-25,28-29,31,33-34,37-38H,9-11,14,16-22,26-27H2,1-5H3/t29-,31+,33-,34-,37+,38+,44+,45-/m0/s1. The smallest absolute Gasteiger partial charge is 0.344 e. The lowest BCUT2D eigenvalue weighted by atomic mass is 9.44. The molecule has 0 saturated heterocycles. The van der Waals surface area contributed by atoms with Crippen LogP contribution in [0.25, 0.3) is 22.1 Å². The summed E-state index contributed by atoms with van der Waals surface area (Å²) in [5.41, 5.74) is 3.69. The summed E-state index contributed by atoms with van der Waals surface area (Å²) < 4.78 is 17.4. The van der Waals surface area contributed by atoms with Gasteiger partial charge in [0.05, 0.1) is 5.02 Å². The molecule has 4 aliphatic carbocycles. The molecule has 0 radical (unpaired) electrons. The second-order valence-electron chi connectivity index (χ2n) is 17.6. The average Bonchev–Trinajstić information content (AvgIpc) is 3.10. The molecule has 0 spiro atoms. The molecule has 0 amide bonds. The number of esters is 1. The highest BCUT2D eigenvalue weighted by Crippen LogP contribution is 2.65. The fraction of sp³-hybridized carbons (Fsp3) is 0.600. The van der Waals surface area contributed by atoms with Crippen molar-refractivity contribution in [3.05, 3.63) is 75.6 Å². The molecule has 6 heteroatoms. The van der Waals surface area contributed by atoms with Crippen LogP contribution in [0.1, 0.15) is 112 Å². The van der Waals surface area contributed by atoms with Gasteiger partial charge in [0.25, 0.3) is 0 Å². The summed E-state index contributed by atoms with van der Waals surface area (Å²) in [6, 6.07) is 14.4. The first kappa shape index (κ1) is 36.3. The van der Waals surface area contributed by atoms with Gasteiger partial charge in [-0.25, -0.2) is 9.59 Å². The van der Waals surface area contributed by atoms with E-state index >= 15 is 0 Å². The SMILES string of the molecule is CC(C)CCC[C@H](C)[C@@H]1CC[C@@H]2[C@@H]3CC=C4C[C@@H](OC(=O)COc5cc6oc(=O)cc(-c7ccccc7)c6cc5Cl)CC[C@]4(C)[C@@H]3CC[C@]2(C)C1.